The molecule has 0 aliphatic carbocycles. The van der Waals surface area contributed by atoms with Gasteiger partial charge in [-0.2, -0.15) is 0 Å². The van der Waals surface area contributed by atoms with Gasteiger partial charge in [-0.25, -0.2) is 4.79 Å². The summed E-state index contributed by atoms with van der Waals surface area (Å²) in [6.07, 6.45) is 84.3. The Morgan fingerprint density at radius 3 is 1.05 bits per heavy atom. The molecule has 0 aromatic rings. The number of ether oxygens (including phenoxy) is 4. The van der Waals surface area contributed by atoms with Crippen LogP contribution in [0.25, 0.3) is 0 Å². The highest BCUT2D eigenvalue weighted by Crippen LogP contribution is 2.16. The molecule has 0 saturated heterocycles. The normalized spacial score (nSPS) is 13.5. The van der Waals surface area contributed by atoms with Crippen LogP contribution in [-0.2, 0) is 33.3 Å². The summed E-state index contributed by atoms with van der Waals surface area (Å²) in [6.45, 7) is 4.76. The molecule has 2 atom stereocenters. The lowest BCUT2D eigenvalue weighted by Crippen LogP contribution is -2.40. The number of allylic oxidation sites excluding steroid dienone is 20. The van der Waals surface area contributed by atoms with Crippen LogP contribution >= 0.6 is 0 Å². The zero-order valence-corrected chi connectivity index (χ0v) is 52.7. The fourth-order valence-corrected chi connectivity index (χ4v) is 8.75. The van der Waals surface area contributed by atoms with Crippen molar-refractivity contribution in [3.05, 3.63) is 122 Å². The molecule has 0 aromatic carbocycles. The molecule has 0 aliphatic heterocycles. The first-order valence-corrected chi connectivity index (χ1v) is 32.7. The third-order valence-corrected chi connectivity index (χ3v) is 13.7. The van der Waals surface area contributed by atoms with Crippen molar-refractivity contribution in [3.63, 3.8) is 0 Å². The predicted molar refractivity (Wildman–Crippen MR) is 345 cm³/mol. The van der Waals surface area contributed by atoms with E-state index in [-0.39, 0.29) is 32.2 Å². The van der Waals surface area contributed by atoms with Gasteiger partial charge in [0.1, 0.15) is 13.2 Å². The molecule has 0 rings (SSSR count). The summed E-state index contributed by atoms with van der Waals surface area (Å²) >= 11 is 0. The lowest BCUT2D eigenvalue weighted by Gasteiger charge is -2.25. The van der Waals surface area contributed by atoms with E-state index in [4.69, 9.17) is 18.9 Å². The Kier molecular flexibility index (Phi) is 58.5. The molecule has 0 aromatic heterocycles. The van der Waals surface area contributed by atoms with Crippen LogP contribution in [0.1, 0.15) is 258 Å². The first-order valence-electron chi connectivity index (χ1n) is 32.7. The summed E-state index contributed by atoms with van der Waals surface area (Å²) in [5.41, 5.74) is 0. The Morgan fingerprint density at radius 1 is 0.383 bits per heavy atom. The molecule has 1 N–H and O–H groups in total. The van der Waals surface area contributed by atoms with E-state index >= 15 is 0 Å². The van der Waals surface area contributed by atoms with Gasteiger partial charge >= 0.3 is 17.9 Å². The van der Waals surface area contributed by atoms with Gasteiger partial charge in [-0.3, -0.25) is 9.59 Å². The molecule has 9 heteroatoms. The molecule has 0 aliphatic rings. The van der Waals surface area contributed by atoms with Gasteiger partial charge in [0, 0.05) is 12.8 Å². The molecule has 0 radical (unpaired) electrons. The summed E-state index contributed by atoms with van der Waals surface area (Å²) in [4.78, 5) is 37.5. The lowest BCUT2D eigenvalue weighted by molar-refractivity contribution is -0.870. The van der Waals surface area contributed by atoms with E-state index in [9.17, 15) is 19.5 Å². The Labute approximate surface area is 497 Å². The molecule has 0 amide bonds. The Hall–Kier alpha value is -4.31. The minimum absolute atomic E-state index is 0.180. The van der Waals surface area contributed by atoms with Gasteiger partial charge in [0.15, 0.2) is 6.10 Å². The van der Waals surface area contributed by atoms with Crippen molar-refractivity contribution in [2.45, 2.75) is 270 Å². The van der Waals surface area contributed by atoms with Crippen molar-refractivity contribution >= 4 is 17.9 Å². The van der Waals surface area contributed by atoms with Crippen LogP contribution in [0.3, 0.4) is 0 Å². The standard InChI is InChI=1S/C72H121NO8/c1-6-8-10-12-14-16-18-20-22-24-26-27-28-29-30-31-32-33-34-35-36-37-38-39-40-41-42-43-45-47-49-51-53-55-57-59-61-63-70(75)81-68(67-80-72(71(76)77)78-65-64-73(3,4)5)66-79-69(74)62-60-58-56-54-52-50-48-46-44-25-23-21-19-17-15-13-11-9-7-2/h8,10,14,16,20,22,26-27,29-30,32-33,35-36,38-39,41-42,45,47,68,72H,6-7,9,11-13,15,17-19,21,23-25,28,31,34,37,40,43-44,46,48-67H2,1-5H3/p+1/b10-8-,16-14-,22-20-,27-26-,30-29-,33-32-,36-35-,39-38-,42-41-,47-45-. The number of nitrogens with zero attached hydrogens (tertiary/aromatic N) is 1. The van der Waals surface area contributed by atoms with Gasteiger partial charge in [-0.05, 0) is 89.9 Å². The maximum Gasteiger partial charge on any atom is 0.361 e. The number of esters is 2. The van der Waals surface area contributed by atoms with Crippen LogP contribution in [0.2, 0.25) is 0 Å². The smallest absolute Gasteiger partial charge is 0.361 e. The van der Waals surface area contributed by atoms with E-state index in [2.05, 4.69) is 135 Å². The number of hydrogen-bond acceptors (Lipinski definition) is 7. The van der Waals surface area contributed by atoms with Crippen LogP contribution < -0.4 is 0 Å². The summed E-state index contributed by atoms with van der Waals surface area (Å²) in [5, 5.41) is 9.72. The number of likely N-dealkylation sites (N-methyl/N-ethyl adjacent to an activating group) is 1. The lowest BCUT2D eigenvalue weighted by atomic mass is 10.0. The van der Waals surface area contributed by atoms with E-state index in [1.165, 1.54) is 103 Å². The van der Waals surface area contributed by atoms with Gasteiger partial charge in [0.25, 0.3) is 6.29 Å². The van der Waals surface area contributed by atoms with Crippen LogP contribution in [0, 0.1) is 0 Å². The number of unbranched alkanes of at least 4 members (excludes halogenated alkanes) is 24. The van der Waals surface area contributed by atoms with Gasteiger partial charge in [-0.1, -0.05) is 277 Å². The molecule has 0 spiro atoms. The fraction of sp³-hybridized carbons (Fsp3) is 0.681. The van der Waals surface area contributed by atoms with Crippen LogP contribution in [0.5, 0.6) is 0 Å². The third-order valence-electron chi connectivity index (χ3n) is 13.7. The second-order valence-electron chi connectivity index (χ2n) is 22.7. The number of carboxylic acids is 1. The topological polar surface area (TPSA) is 108 Å². The van der Waals surface area contributed by atoms with Crippen molar-refractivity contribution in [1.82, 2.24) is 0 Å². The van der Waals surface area contributed by atoms with Crippen molar-refractivity contribution in [1.29, 1.82) is 0 Å². The minimum Gasteiger partial charge on any atom is -0.477 e. The van der Waals surface area contributed by atoms with E-state index in [1.807, 2.05) is 21.1 Å². The maximum absolute atomic E-state index is 12.9. The van der Waals surface area contributed by atoms with E-state index < -0.39 is 24.3 Å². The minimum atomic E-state index is -1.52. The Morgan fingerprint density at radius 2 is 0.704 bits per heavy atom. The van der Waals surface area contributed by atoms with Gasteiger partial charge in [0.05, 0.1) is 34.4 Å². The molecule has 0 fully saturated rings. The number of carboxylic acid groups (broad SMARTS) is 1. The van der Waals surface area contributed by atoms with E-state index in [0.29, 0.717) is 23.9 Å². The number of aliphatic carboxylic acids is 1. The second kappa shape index (κ2) is 61.8. The van der Waals surface area contributed by atoms with Crippen LogP contribution in [0.4, 0.5) is 0 Å². The zero-order valence-electron chi connectivity index (χ0n) is 52.7. The second-order valence-corrected chi connectivity index (χ2v) is 22.7. The molecular formula is C72H122NO8+. The number of quaternary nitrogens is 1. The van der Waals surface area contributed by atoms with Crippen LogP contribution in [0.15, 0.2) is 122 Å². The van der Waals surface area contributed by atoms with Crippen LogP contribution in [-0.4, -0.2) is 87.4 Å². The molecule has 0 bridgehead atoms. The van der Waals surface area contributed by atoms with Gasteiger partial charge < -0.3 is 28.5 Å². The average molecular weight is 1130 g/mol. The van der Waals surface area contributed by atoms with Crippen molar-refractivity contribution in [3.8, 4) is 0 Å². The highest BCUT2D eigenvalue weighted by molar-refractivity contribution is 5.71. The number of rotatable bonds is 59. The first-order chi connectivity index (χ1) is 39.6. The van der Waals surface area contributed by atoms with Crippen molar-refractivity contribution < 1.29 is 42.9 Å². The summed E-state index contributed by atoms with van der Waals surface area (Å²) in [6, 6.07) is 0. The summed E-state index contributed by atoms with van der Waals surface area (Å²) < 4.78 is 22.9. The first kappa shape index (κ1) is 76.7. The van der Waals surface area contributed by atoms with Gasteiger partial charge in [-0.15, -0.1) is 0 Å². The van der Waals surface area contributed by atoms with Crippen molar-refractivity contribution in [2.24, 2.45) is 0 Å². The molecule has 0 heterocycles. The van der Waals surface area contributed by atoms with Gasteiger partial charge in [0.2, 0.25) is 0 Å². The third kappa shape index (κ3) is 63.1. The molecule has 462 valence electrons. The number of hydrogen-bond donors (Lipinski definition) is 1. The maximum atomic E-state index is 12.9. The Bertz CT molecular complexity index is 1740. The highest BCUT2D eigenvalue weighted by Gasteiger charge is 2.25. The number of carbonyl (C=O) groups excluding carboxylic acids is 2. The van der Waals surface area contributed by atoms with E-state index in [1.54, 1.807) is 0 Å². The Balaban J connectivity index is 4.23. The summed E-state index contributed by atoms with van der Waals surface area (Å²) in [5.74, 6) is -2.03. The molecule has 2 unspecified atom stereocenters. The zero-order chi connectivity index (χ0) is 59.1. The fourth-order valence-electron chi connectivity index (χ4n) is 8.75. The molecule has 9 nitrogen and oxygen atoms in total. The average Bonchev–Trinajstić information content (AvgIpc) is 3.44. The molecule has 0 saturated carbocycles. The molecule has 81 heavy (non-hydrogen) atoms. The van der Waals surface area contributed by atoms with Crippen molar-refractivity contribution in [2.75, 3.05) is 47.5 Å². The van der Waals surface area contributed by atoms with E-state index in [0.717, 1.165) is 122 Å². The monoisotopic (exact) mass is 1130 g/mol. The molecular weight excluding hydrogens is 1010 g/mol. The highest BCUT2D eigenvalue weighted by atomic mass is 16.7. The number of carbonyl (C=O) groups is 3. The quantitative estimate of drug-likeness (QED) is 0.0211. The predicted octanol–water partition coefficient (Wildman–Crippen LogP) is 20.0. The summed E-state index contributed by atoms with van der Waals surface area (Å²) in [7, 11) is 5.96. The largest absolute Gasteiger partial charge is 0.477 e. The SMILES string of the molecule is CC/C=C\C/C=C\C/C=C\C/C=C\C/C=C\C/C=C\C/C=C\C/C=C\C/C=C\C/C=C\CCCCCCCCC(=O)OC(COC(=O)CCCCCCCCCCCCCCCCCCCCC)COC(OCC[N+](C)(C)C)C(=O)O.